The minimum Gasteiger partial charge on any atom is -0.342 e. The Labute approximate surface area is 159 Å². The van der Waals surface area contributed by atoms with Crippen molar-refractivity contribution >= 4 is 22.6 Å². The van der Waals surface area contributed by atoms with Crippen molar-refractivity contribution in [1.82, 2.24) is 14.5 Å². The van der Waals surface area contributed by atoms with Crippen LogP contribution < -0.4 is 10.9 Å². The van der Waals surface area contributed by atoms with Gasteiger partial charge in [0.25, 0.3) is 11.5 Å². The van der Waals surface area contributed by atoms with E-state index in [-0.39, 0.29) is 5.56 Å². The van der Waals surface area contributed by atoms with E-state index in [4.69, 9.17) is 0 Å². The number of nitrogens with zero attached hydrogens (tertiary/aromatic N) is 2. The molecule has 4 rings (SSSR count). The molecule has 0 aliphatic carbocycles. The van der Waals surface area contributed by atoms with Crippen molar-refractivity contribution in [3.63, 3.8) is 0 Å². The number of fused-ring (bicyclic) bond motifs is 1. The van der Waals surface area contributed by atoms with Crippen molar-refractivity contribution in [2.75, 3.05) is 5.32 Å². The highest BCUT2D eigenvalue weighted by Gasteiger charge is 2.18. The molecule has 0 bridgehead atoms. The smallest absolute Gasteiger partial charge is 0.268 e. The summed E-state index contributed by atoms with van der Waals surface area (Å²) >= 11 is 0. The molecule has 2 heterocycles. The summed E-state index contributed by atoms with van der Waals surface area (Å²) in [5, 5.41) is 2.79. The van der Waals surface area contributed by atoms with Crippen LogP contribution in [0.2, 0.25) is 0 Å². The van der Waals surface area contributed by atoms with Crippen LogP contribution >= 0.6 is 0 Å². The molecule has 0 fully saturated rings. The molecule has 0 aliphatic heterocycles. The minimum atomic E-state index is -0.521. The first-order valence-corrected chi connectivity index (χ1v) is 8.69. The number of aromatic amines is 1. The van der Waals surface area contributed by atoms with Gasteiger partial charge in [-0.1, -0.05) is 6.07 Å². The number of H-pyrrole nitrogens is 1. The summed E-state index contributed by atoms with van der Waals surface area (Å²) in [6, 6.07) is 12.6. The normalized spacial score (nSPS) is 11.0. The van der Waals surface area contributed by atoms with Crippen molar-refractivity contribution in [3.8, 4) is 5.69 Å². The number of hydrogen-bond donors (Lipinski definition) is 2. The fourth-order valence-corrected chi connectivity index (χ4v) is 3.15. The number of carbonyl (C=O) groups excluding carboxylic acids is 1. The molecule has 2 N–H and O–H groups in total. The number of anilines is 1. The van der Waals surface area contributed by atoms with Crippen LogP contribution in [0.1, 0.15) is 21.7 Å². The van der Waals surface area contributed by atoms with Gasteiger partial charge in [-0.05, 0) is 61.9 Å². The maximum Gasteiger partial charge on any atom is 0.268 e. The summed E-state index contributed by atoms with van der Waals surface area (Å²) in [5.41, 5.74) is 2.51. The number of imidazole rings is 1. The zero-order chi connectivity index (χ0) is 19.8. The third kappa shape index (κ3) is 3.07. The zero-order valence-corrected chi connectivity index (χ0v) is 15.3. The molecule has 28 heavy (non-hydrogen) atoms. The molecule has 0 saturated heterocycles. The number of pyridine rings is 1. The molecule has 0 aliphatic rings. The van der Waals surface area contributed by atoms with Gasteiger partial charge in [0.15, 0.2) is 0 Å². The van der Waals surface area contributed by atoms with E-state index >= 15 is 0 Å². The fraction of sp³-hybridized carbons (Fsp3) is 0.0952. The summed E-state index contributed by atoms with van der Waals surface area (Å²) < 4.78 is 14.5. The Hall–Kier alpha value is -3.74. The average molecular weight is 376 g/mol. The van der Waals surface area contributed by atoms with Crippen LogP contribution in [0, 0.1) is 19.7 Å². The van der Waals surface area contributed by atoms with E-state index in [9.17, 15) is 14.0 Å². The largest absolute Gasteiger partial charge is 0.342 e. The summed E-state index contributed by atoms with van der Waals surface area (Å²) in [4.78, 5) is 33.4. The quantitative estimate of drug-likeness (QED) is 0.572. The van der Waals surface area contributed by atoms with E-state index in [0.29, 0.717) is 22.5 Å². The Bertz CT molecular complexity index is 1260. The highest BCUT2D eigenvalue weighted by Crippen LogP contribution is 2.22. The van der Waals surface area contributed by atoms with Crippen molar-refractivity contribution in [2.24, 2.45) is 0 Å². The number of nitrogens with one attached hydrogen (secondary N) is 2. The van der Waals surface area contributed by atoms with Gasteiger partial charge in [0.05, 0.1) is 11.2 Å². The number of amides is 1. The van der Waals surface area contributed by atoms with Gasteiger partial charge < -0.3 is 10.3 Å². The van der Waals surface area contributed by atoms with Crippen LogP contribution in [0.15, 0.2) is 59.5 Å². The topological polar surface area (TPSA) is 79.8 Å². The molecule has 0 atom stereocenters. The third-order valence-corrected chi connectivity index (χ3v) is 4.51. The van der Waals surface area contributed by atoms with Gasteiger partial charge in [0, 0.05) is 11.9 Å². The van der Waals surface area contributed by atoms with Crippen LogP contribution in [0.5, 0.6) is 0 Å². The molecule has 140 valence electrons. The van der Waals surface area contributed by atoms with Crippen LogP contribution in [0.4, 0.5) is 10.1 Å². The zero-order valence-electron chi connectivity index (χ0n) is 15.3. The van der Waals surface area contributed by atoms with Gasteiger partial charge in [-0.3, -0.25) is 14.2 Å². The first-order valence-electron chi connectivity index (χ1n) is 8.69. The first-order chi connectivity index (χ1) is 13.4. The van der Waals surface area contributed by atoms with E-state index in [1.54, 1.807) is 31.3 Å². The van der Waals surface area contributed by atoms with Gasteiger partial charge in [-0.15, -0.1) is 0 Å². The lowest BCUT2D eigenvalue weighted by atomic mass is 10.1. The van der Waals surface area contributed by atoms with Crippen LogP contribution in [0.3, 0.4) is 0 Å². The Morgan fingerprint density at radius 1 is 1.11 bits per heavy atom. The Balaban J connectivity index is 1.76. The van der Waals surface area contributed by atoms with Crippen molar-refractivity contribution < 1.29 is 9.18 Å². The number of para-hydroxylation sites is 1. The molecule has 1 amide bonds. The maximum atomic E-state index is 13.2. The number of benzene rings is 2. The lowest BCUT2D eigenvalue weighted by Crippen LogP contribution is -2.29. The van der Waals surface area contributed by atoms with Crippen molar-refractivity contribution in [2.45, 2.75) is 13.8 Å². The van der Waals surface area contributed by atoms with Crippen molar-refractivity contribution in [3.05, 3.63) is 87.9 Å². The van der Waals surface area contributed by atoms with E-state index < -0.39 is 17.3 Å². The Kier molecular flexibility index (Phi) is 4.27. The predicted molar refractivity (Wildman–Crippen MR) is 106 cm³/mol. The molecule has 0 saturated carbocycles. The third-order valence-electron chi connectivity index (χ3n) is 4.51. The van der Waals surface area contributed by atoms with Gasteiger partial charge in [-0.25, -0.2) is 9.37 Å². The summed E-state index contributed by atoms with van der Waals surface area (Å²) in [6.45, 7) is 3.53. The number of hydrogen-bond acceptors (Lipinski definition) is 3. The standard InChI is InChI=1S/C21H17FN4O2/c1-12-10-11-26(15-8-6-14(22)7-9-15)21(28)18(12)20(27)25-17-5-3-4-16-19(17)24-13(2)23-16/h3-11H,1-2H3,(H,23,24)(H,25,27). The molecule has 0 radical (unpaired) electrons. The molecule has 4 aromatic rings. The Morgan fingerprint density at radius 2 is 1.86 bits per heavy atom. The lowest BCUT2D eigenvalue weighted by Gasteiger charge is -2.11. The molecule has 0 unspecified atom stereocenters. The number of aryl methyl sites for hydroxylation is 2. The number of aromatic nitrogens is 3. The molecular formula is C21H17FN4O2. The highest BCUT2D eigenvalue weighted by molar-refractivity contribution is 6.08. The highest BCUT2D eigenvalue weighted by atomic mass is 19.1. The fourth-order valence-electron chi connectivity index (χ4n) is 3.15. The van der Waals surface area contributed by atoms with E-state index in [1.165, 1.54) is 28.8 Å². The molecule has 2 aromatic carbocycles. The lowest BCUT2D eigenvalue weighted by molar-refractivity contribution is 0.102. The monoisotopic (exact) mass is 376 g/mol. The number of halogens is 1. The maximum absolute atomic E-state index is 13.2. The average Bonchev–Trinajstić information content (AvgIpc) is 3.04. The van der Waals surface area contributed by atoms with E-state index in [1.807, 2.05) is 13.0 Å². The summed E-state index contributed by atoms with van der Waals surface area (Å²) in [7, 11) is 0. The van der Waals surface area contributed by atoms with Gasteiger partial charge in [0.2, 0.25) is 0 Å². The first kappa shape index (κ1) is 17.7. The summed E-state index contributed by atoms with van der Waals surface area (Å²) in [6.07, 6.45) is 1.57. The summed E-state index contributed by atoms with van der Waals surface area (Å²) in [5.74, 6) is -0.192. The van der Waals surface area contributed by atoms with Gasteiger partial charge in [0.1, 0.15) is 22.7 Å². The number of rotatable bonds is 3. The molecule has 6 nitrogen and oxygen atoms in total. The van der Waals surface area contributed by atoms with Crippen molar-refractivity contribution in [1.29, 1.82) is 0 Å². The van der Waals surface area contributed by atoms with Gasteiger partial charge >= 0.3 is 0 Å². The van der Waals surface area contributed by atoms with E-state index in [2.05, 4.69) is 15.3 Å². The second-order valence-electron chi connectivity index (χ2n) is 6.50. The van der Waals surface area contributed by atoms with Crippen LogP contribution in [-0.2, 0) is 0 Å². The SMILES string of the molecule is Cc1nc2c(NC(=O)c3c(C)ccn(-c4ccc(F)cc4)c3=O)cccc2[nH]1. The second kappa shape index (κ2) is 6.77. The molecule has 7 heteroatoms. The minimum absolute atomic E-state index is 0.0242. The predicted octanol–water partition coefficient (Wildman–Crippen LogP) is 3.72. The molecular weight excluding hydrogens is 359 g/mol. The molecule has 2 aromatic heterocycles. The second-order valence-corrected chi connectivity index (χ2v) is 6.50. The van der Waals surface area contributed by atoms with Crippen LogP contribution in [-0.4, -0.2) is 20.4 Å². The van der Waals surface area contributed by atoms with E-state index in [0.717, 1.165) is 11.3 Å². The number of carbonyl (C=O) groups is 1. The Morgan fingerprint density at radius 3 is 2.61 bits per heavy atom. The molecule has 0 spiro atoms. The van der Waals surface area contributed by atoms with Gasteiger partial charge in [-0.2, -0.15) is 0 Å². The van der Waals surface area contributed by atoms with Crippen LogP contribution in [0.25, 0.3) is 16.7 Å².